The molecule has 96 valence electrons. The Balaban J connectivity index is 2.51. The van der Waals surface area contributed by atoms with E-state index in [9.17, 15) is 4.79 Å². The second-order valence-electron chi connectivity index (χ2n) is 4.04. The van der Waals surface area contributed by atoms with Gasteiger partial charge in [0.15, 0.2) is 0 Å². The van der Waals surface area contributed by atoms with E-state index in [1.54, 1.807) is 11.3 Å². The van der Waals surface area contributed by atoms with Gasteiger partial charge in [-0.1, -0.05) is 19.8 Å². The Morgan fingerprint density at radius 3 is 2.82 bits per heavy atom. The van der Waals surface area contributed by atoms with Gasteiger partial charge in [0.05, 0.1) is 0 Å². The van der Waals surface area contributed by atoms with E-state index in [2.05, 4.69) is 34.2 Å². The van der Waals surface area contributed by atoms with Crippen LogP contribution < -0.4 is 5.32 Å². The lowest BCUT2D eigenvalue weighted by Crippen LogP contribution is -2.35. The highest BCUT2D eigenvalue weighted by molar-refractivity contribution is 9.10. The van der Waals surface area contributed by atoms with E-state index in [0.29, 0.717) is 13.0 Å². The molecule has 2 N–H and O–H groups in total. The van der Waals surface area contributed by atoms with Crippen LogP contribution in [0.5, 0.6) is 0 Å². The number of unbranched alkanes of at least 4 members (excludes halogenated alkanes) is 1. The first-order valence-corrected chi connectivity index (χ1v) is 7.36. The van der Waals surface area contributed by atoms with Crippen molar-refractivity contribution in [2.24, 2.45) is 0 Å². The Hall–Kier alpha value is -0.390. The molecule has 0 radical (unpaired) electrons. The van der Waals surface area contributed by atoms with E-state index in [0.717, 1.165) is 22.2 Å². The summed E-state index contributed by atoms with van der Waals surface area (Å²) in [7, 11) is 0. The number of halogens is 1. The molecule has 1 heterocycles. The molecule has 0 aliphatic rings. The van der Waals surface area contributed by atoms with E-state index < -0.39 is 12.0 Å². The van der Waals surface area contributed by atoms with Gasteiger partial charge < -0.3 is 5.11 Å². The third-order valence-electron chi connectivity index (χ3n) is 2.53. The summed E-state index contributed by atoms with van der Waals surface area (Å²) in [5, 5.41) is 12.2. The van der Waals surface area contributed by atoms with E-state index in [1.807, 2.05) is 6.92 Å². The van der Waals surface area contributed by atoms with Crippen LogP contribution in [0.2, 0.25) is 0 Å². The Labute approximate surface area is 114 Å². The van der Waals surface area contributed by atoms with Crippen LogP contribution in [0.1, 0.15) is 35.9 Å². The van der Waals surface area contributed by atoms with Gasteiger partial charge >= 0.3 is 5.97 Å². The molecule has 1 aromatic heterocycles. The zero-order valence-electron chi connectivity index (χ0n) is 10.1. The van der Waals surface area contributed by atoms with Crippen LogP contribution in [-0.2, 0) is 11.3 Å². The van der Waals surface area contributed by atoms with Crippen LogP contribution in [0, 0.1) is 6.92 Å². The molecule has 0 aliphatic heterocycles. The maximum atomic E-state index is 11.0. The van der Waals surface area contributed by atoms with Crippen molar-refractivity contribution in [3.8, 4) is 0 Å². The lowest BCUT2D eigenvalue weighted by molar-refractivity contribution is -0.139. The monoisotopic (exact) mass is 319 g/mol. The highest BCUT2D eigenvalue weighted by Crippen LogP contribution is 2.26. The van der Waals surface area contributed by atoms with Gasteiger partial charge in [0.1, 0.15) is 6.04 Å². The molecule has 3 nitrogen and oxygen atoms in total. The summed E-state index contributed by atoms with van der Waals surface area (Å²) in [6, 6.07) is 1.62. The normalized spacial score (nSPS) is 12.6. The molecule has 0 saturated heterocycles. The van der Waals surface area contributed by atoms with Crippen molar-refractivity contribution < 1.29 is 9.90 Å². The summed E-state index contributed by atoms with van der Waals surface area (Å²) in [5.41, 5.74) is 0. The number of thiophene rings is 1. The fourth-order valence-corrected chi connectivity index (χ4v) is 3.34. The standard InChI is InChI=1S/C12H18BrNO2S/c1-3-4-5-10(12(15)16)14-7-11-9(13)6-8(2)17-11/h6,10,14H,3-5,7H2,1-2H3,(H,15,16)/t10-/m0/s1. The Morgan fingerprint density at radius 1 is 1.65 bits per heavy atom. The maximum Gasteiger partial charge on any atom is 0.320 e. The molecule has 17 heavy (non-hydrogen) atoms. The first-order chi connectivity index (χ1) is 8.04. The Kier molecular flexibility index (Phi) is 6.16. The number of hydrogen-bond donors (Lipinski definition) is 2. The Morgan fingerprint density at radius 2 is 2.35 bits per heavy atom. The van der Waals surface area contributed by atoms with Gasteiger partial charge in [0, 0.05) is 20.8 Å². The number of carboxylic acids is 1. The SMILES string of the molecule is CCCC[C@H](NCc1sc(C)cc1Br)C(=O)O. The number of rotatable bonds is 7. The van der Waals surface area contributed by atoms with Crippen molar-refractivity contribution in [1.29, 1.82) is 0 Å². The molecule has 1 aromatic rings. The number of hydrogen-bond acceptors (Lipinski definition) is 3. The molecule has 0 spiro atoms. The van der Waals surface area contributed by atoms with Gasteiger partial charge in [-0.15, -0.1) is 11.3 Å². The zero-order valence-corrected chi connectivity index (χ0v) is 12.5. The first-order valence-electron chi connectivity index (χ1n) is 5.75. The third kappa shape index (κ3) is 4.77. The summed E-state index contributed by atoms with van der Waals surface area (Å²) >= 11 is 5.17. The van der Waals surface area contributed by atoms with Gasteiger partial charge in [-0.2, -0.15) is 0 Å². The average molecular weight is 320 g/mol. The molecule has 0 aromatic carbocycles. The van der Waals surface area contributed by atoms with Crippen LogP contribution in [0.3, 0.4) is 0 Å². The number of nitrogens with one attached hydrogen (secondary N) is 1. The highest BCUT2D eigenvalue weighted by Gasteiger charge is 2.16. The molecule has 0 fully saturated rings. The smallest absolute Gasteiger partial charge is 0.320 e. The number of aryl methyl sites for hydroxylation is 1. The average Bonchev–Trinajstić information content (AvgIpc) is 2.57. The van der Waals surface area contributed by atoms with Gasteiger partial charge in [0.2, 0.25) is 0 Å². The van der Waals surface area contributed by atoms with Crippen molar-refractivity contribution in [2.75, 3.05) is 0 Å². The molecule has 0 aliphatic carbocycles. The Bertz CT molecular complexity index is 379. The minimum atomic E-state index is -0.761. The summed E-state index contributed by atoms with van der Waals surface area (Å²) < 4.78 is 1.06. The van der Waals surface area contributed by atoms with Gasteiger partial charge in [-0.05, 0) is 35.3 Å². The molecule has 1 rings (SSSR count). The van der Waals surface area contributed by atoms with Crippen molar-refractivity contribution in [3.63, 3.8) is 0 Å². The largest absolute Gasteiger partial charge is 0.480 e. The first kappa shape index (κ1) is 14.7. The summed E-state index contributed by atoms with van der Waals surface area (Å²) in [6.45, 7) is 4.72. The number of aliphatic carboxylic acids is 1. The zero-order chi connectivity index (χ0) is 12.8. The molecule has 0 amide bonds. The second kappa shape index (κ2) is 7.13. The van der Waals surface area contributed by atoms with E-state index in [-0.39, 0.29) is 0 Å². The summed E-state index contributed by atoms with van der Waals surface area (Å²) in [6.07, 6.45) is 2.65. The predicted molar refractivity (Wildman–Crippen MR) is 74.5 cm³/mol. The summed E-state index contributed by atoms with van der Waals surface area (Å²) in [4.78, 5) is 13.4. The van der Waals surface area contributed by atoms with Crippen molar-refractivity contribution in [3.05, 3.63) is 20.3 Å². The van der Waals surface area contributed by atoms with Gasteiger partial charge in [-0.3, -0.25) is 10.1 Å². The number of carbonyl (C=O) groups is 1. The fraction of sp³-hybridized carbons (Fsp3) is 0.583. The second-order valence-corrected chi connectivity index (χ2v) is 6.24. The van der Waals surface area contributed by atoms with Crippen LogP contribution in [0.4, 0.5) is 0 Å². The van der Waals surface area contributed by atoms with E-state index >= 15 is 0 Å². The highest BCUT2D eigenvalue weighted by atomic mass is 79.9. The molecule has 0 unspecified atom stereocenters. The van der Waals surface area contributed by atoms with Crippen LogP contribution in [-0.4, -0.2) is 17.1 Å². The van der Waals surface area contributed by atoms with Crippen LogP contribution >= 0.6 is 27.3 Å². The lowest BCUT2D eigenvalue weighted by Gasteiger charge is -2.13. The van der Waals surface area contributed by atoms with Crippen LogP contribution in [0.25, 0.3) is 0 Å². The summed E-state index contributed by atoms with van der Waals surface area (Å²) in [5.74, 6) is -0.761. The van der Waals surface area contributed by atoms with Gasteiger partial charge in [-0.25, -0.2) is 0 Å². The van der Waals surface area contributed by atoms with Crippen molar-refractivity contribution >= 4 is 33.2 Å². The van der Waals surface area contributed by atoms with Crippen molar-refractivity contribution in [1.82, 2.24) is 5.32 Å². The van der Waals surface area contributed by atoms with Gasteiger partial charge in [0.25, 0.3) is 0 Å². The van der Waals surface area contributed by atoms with Crippen LogP contribution in [0.15, 0.2) is 10.5 Å². The molecule has 0 bridgehead atoms. The maximum absolute atomic E-state index is 11.0. The topological polar surface area (TPSA) is 49.3 Å². The quantitative estimate of drug-likeness (QED) is 0.808. The van der Waals surface area contributed by atoms with Crippen molar-refractivity contribution in [2.45, 2.75) is 45.7 Å². The minimum Gasteiger partial charge on any atom is -0.480 e. The third-order valence-corrected chi connectivity index (χ3v) is 4.55. The van der Waals surface area contributed by atoms with E-state index in [4.69, 9.17) is 5.11 Å². The molecule has 0 saturated carbocycles. The fourth-order valence-electron chi connectivity index (χ4n) is 1.59. The molecular weight excluding hydrogens is 302 g/mol. The molecular formula is C12H18BrNO2S. The predicted octanol–water partition coefficient (Wildman–Crippen LogP) is 3.55. The molecule has 5 heteroatoms. The van der Waals surface area contributed by atoms with E-state index in [1.165, 1.54) is 4.88 Å². The lowest BCUT2D eigenvalue weighted by atomic mass is 10.1. The number of carboxylic acid groups (broad SMARTS) is 1. The molecule has 1 atom stereocenters. The minimum absolute atomic E-state index is 0.441.